The first-order chi connectivity index (χ1) is 6.54. The predicted molar refractivity (Wildman–Crippen MR) is 59.7 cm³/mol. The molecule has 0 bridgehead atoms. The molecule has 0 aromatic heterocycles. The largest absolute Gasteiger partial charge is 0.496 e. The van der Waals surface area contributed by atoms with Gasteiger partial charge in [0, 0.05) is 17.5 Å². The molecule has 3 nitrogen and oxygen atoms in total. The number of carbonyl (C=O) groups is 1. The fourth-order valence-corrected chi connectivity index (χ4v) is 1.72. The first kappa shape index (κ1) is 11.0. The molecule has 1 N–H and O–H groups in total. The number of amides is 1. The Morgan fingerprint density at radius 2 is 2.14 bits per heavy atom. The van der Waals surface area contributed by atoms with Crippen LogP contribution in [-0.2, 0) is 4.79 Å². The molecule has 14 heavy (non-hydrogen) atoms. The second-order valence-corrected chi connectivity index (χ2v) is 3.84. The zero-order chi connectivity index (χ0) is 10.7. The first-order valence-corrected chi connectivity index (χ1v) is 4.95. The highest BCUT2D eigenvalue weighted by Gasteiger charge is 2.06. The van der Waals surface area contributed by atoms with E-state index in [9.17, 15) is 4.79 Å². The highest BCUT2D eigenvalue weighted by Crippen LogP contribution is 2.30. The molecule has 0 saturated heterocycles. The first-order valence-electron chi connectivity index (χ1n) is 4.16. The van der Waals surface area contributed by atoms with Crippen molar-refractivity contribution in [3.8, 4) is 5.75 Å². The molecular formula is C10H12BrNO2. The van der Waals surface area contributed by atoms with E-state index in [1.165, 1.54) is 6.92 Å². The number of aryl methyl sites for hydroxylation is 1. The van der Waals surface area contributed by atoms with E-state index >= 15 is 0 Å². The Hall–Kier alpha value is -1.03. The molecule has 0 fully saturated rings. The van der Waals surface area contributed by atoms with Gasteiger partial charge in [0.2, 0.25) is 5.91 Å². The van der Waals surface area contributed by atoms with Gasteiger partial charge in [-0.25, -0.2) is 0 Å². The van der Waals surface area contributed by atoms with E-state index in [0.29, 0.717) is 0 Å². The Bertz CT molecular complexity index is 363. The van der Waals surface area contributed by atoms with Crippen LogP contribution in [0.4, 0.5) is 5.69 Å². The summed E-state index contributed by atoms with van der Waals surface area (Å²) < 4.78 is 6.00. The number of hydrogen-bond donors (Lipinski definition) is 1. The van der Waals surface area contributed by atoms with Gasteiger partial charge in [-0.1, -0.05) is 0 Å². The summed E-state index contributed by atoms with van der Waals surface area (Å²) in [4.78, 5) is 10.9. The van der Waals surface area contributed by atoms with Gasteiger partial charge in [-0.15, -0.1) is 0 Å². The molecule has 1 rings (SSSR count). The minimum atomic E-state index is -0.100. The third-order valence-electron chi connectivity index (χ3n) is 1.80. The lowest BCUT2D eigenvalue weighted by molar-refractivity contribution is -0.114. The van der Waals surface area contributed by atoms with E-state index < -0.39 is 0 Å². The molecule has 0 spiro atoms. The van der Waals surface area contributed by atoms with Gasteiger partial charge in [-0.05, 0) is 34.5 Å². The fourth-order valence-electron chi connectivity index (χ4n) is 1.16. The van der Waals surface area contributed by atoms with E-state index in [1.54, 1.807) is 13.2 Å². The summed E-state index contributed by atoms with van der Waals surface area (Å²) in [5.74, 6) is 0.661. The summed E-state index contributed by atoms with van der Waals surface area (Å²) in [6.45, 7) is 3.42. The van der Waals surface area contributed by atoms with Crippen LogP contribution < -0.4 is 10.1 Å². The lowest BCUT2D eigenvalue weighted by Gasteiger charge is -2.10. The van der Waals surface area contributed by atoms with Crippen molar-refractivity contribution < 1.29 is 9.53 Å². The lowest BCUT2D eigenvalue weighted by Crippen LogP contribution is -2.06. The number of rotatable bonds is 2. The van der Waals surface area contributed by atoms with Gasteiger partial charge in [0.15, 0.2) is 0 Å². The van der Waals surface area contributed by atoms with Gasteiger partial charge in [0.05, 0.1) is 12.8 Å². The number of halogens is 1. The molecule has 0 aliphatic carbocycles. The van der Waals surface area contributed by atoms with Gasteiger partial charge in [0.1, 0.15) is 5.75 Å². The SMILES string of the molecule is COc1cc(NC(C)=O)c(Br)cc1C. The molecule has 0 aliphatic rings. The lowest BCUT2D eigenvalue weighted by atomic mass is 10.2. The van der Waals surface area contributed by atoms with Crippen molar-refractivity contribution >= 4 is 27.5 Å². The number of carbonyl (C=O) groups excluding carboxylic acids is 1. The molecule has 0 unspecified atom stereocenters. The normalized spacial score (nSPS) is 9.71. The number of nitrogens with one attached hydrogen (secondary N) is 1. The molecule has 4 heteroatoms. The highest BCUT2D eigenvalue weighted by molar-refractivity contribution is 9.10. The summed E-state index contributed by atoms with van der Waals surface area (Å²) in [5.41, 5.74) is 1.74. The number of methoxy groups -OCH3 is 1. The van der Waals surface area contributed by atoms with Crippen molar-refractivity contribution in [3.05, 3.63) is 22.2 Å². The molecule has 1 aromatic rings. The smallest absolute Gasteiger partial charge is 0.221 e. The van der Waals surface area contributed by atoms with Crippen molar-refractivity contribution in [3.63, 3.8) is 0 Å². The molecule has 0 heterocycles. The van der Waals surface area contributed by atoms with E-state index in [-0.39, 0.29) is 5.91 Å². The molecule has 1 amide bonds. The summed E-state index contributed by atoms with van der Waals surface area (Å²) >= 11 is 3.37. The van der Waals surface area contributed by atoms with Crippen molar-refractivity contribution in [2.75, 3.05) is 12.4 Å². The second kappa shape index (κ2) is 4.46. The average Bonchev–Trinajstić information content (AvgIpc) is 2.09. The van der Waals surface area contributed by atoms with Crippen molar-refractivity contribution in [2.24, 2.45) is 0 Å². The van der Waals surface area contributed by atoms with Crippen molar-refractivity contribution in [1.29, 1.82) is 0 Å². The van der Waals surface area contributed by atoms with Crippen LogP contribution in [-0.4, -0.2) is 13.0 Å². The Balaban J connectivity index is 3.10. The molecule has 0 radical (unpaired) electrons. The van der Waals surface area contributed by atoms with Crippen LogP contribution >= 0.6 is 15.9 Å². The molecular weight excluding hydrogens is 246 g/mol. The number of hydrogen-bond acceptors (Lipinski definition) is 2. The second-order valence-electron chi connectivity index (χ2n) is 2.98. The standard InChI is InChI=1S/C10H12BrNO2/c1-6-4-8(11)9(12-7(2)13)5-10(6)14-3/h4-5H,1-3H3,(H,12,13). The quantitative estimate of drug-likeness (QED) is 0.885. The predicted octanol–water partition coefficient (Wildman–Crippen LogP) is 2.72. The fraction of sp³-hybridized carbons (Fsp3) is 0.300. The van der Waals surface area contributed by atoms with Crippen LogP contribution in [0.3, 0.4) is 0 Å². The maximum Gasteiger partial charge on any atom is 0.221 e. The summed E-state index contributed by atoms with van der Waals surface area (Å²) in [5, 5.41) is 2.71. The van der Waals surface area contributed by atoms with Crippen molar-refractivity contribution in [2.45, 2.75) is 13.8 Å². The van der Waals surface area contributed by atoms with Gasteiger partial charge >= 0.3 is 0 Å². The van der Waals surface area contributed by atoms with E-state index in [2.05, 4.69) is 21.2 Å². The van der Waals surface area contributed by atoms with Crippen LogP contribution in [0.15, 0.2) is 16.6 Å². The Labute approximate surface area is 91.6 Å². The topological polar surface area (TPSA) is 38.3 Å². The molecule has 0 saturated carbocycles. The minimum Gasteiger partial charge on any atom is -0.496 e. The van der Waals surface area contributed by atoms with Crippen LogP contribution in [0.5, 0.6) is 5.75 Å². The van der Waals surface area contributed by atoms with E-state index in [0.717, 1.165) is 21.5 Å². The average molecular weight is 258 g/mol. The number of anilines is 1. The third kappa shape index (κ3) is 2.48. The van der Waals surface area contributed by atoms with Crippen LogP contribution in [0.25, 0.3) is 0 Å². The maximum atomic E-state index is 10.9. The van der Waals surface area contributed by atoms with Crippen LogP contribution in [0.1, 0.15) is 12.5 Å². The summed E-state index contributed by atoms with van der Waals surface area (Å²) in [6, 6.07) is 3.70. The van der Waals surface area contributed by atoms with Crippen LogP contribution in [0.2, 0.25) is 0 Å². The molecule has 0 aliphatic heterocycles. The molecule has 76 valence electrons. The van der Waals surface area contributed by atoms with Crippen LogP contribution in [0, 0.1) is 6.92 Å². The zero-order valence-corrected chi connectivity index (χ0v) is 9.94. The number of benzene rings is 1. The zero-order valence-electron chi connectivity index (χ0n) is 8.35. The number of ether oxygens (including phenoxy) is 1. The molecule has 1 aromatic carbocycles. The Kier molecular flexibility index (Phi) is 3.52. The van der Waals surface area contributed by atoms with Crippen molar-refractivity contribution in [1.82, 2.24) is 0 Å². The third-order valence-corrected chi connectivity index (χ3v) is 2.45. The van der Waals surface area contributed by atoms with Gasteiger partial charge in [0.25, 0.3) is 0 Å². The molecule has 0 atom stereocenters. The summed E-state index contributed by atoms with van der Waals surface area (Å²) in [6.07, 6.45) is 0. The monoisotopic (exact) mass is 257 g/mol. The van der Waals surface area contributed by atoms with Gasteiger partial charge < -0.3 is 10.1 Å². The highest BCUT2D eigenvalue weighted by atomic mass is 79.9. The minimum absolute atomic E-state index is 0.100. The van der Waals surface area contributed by atoms with Gasteiger partial charge in [-0.3, -0.25) is 4.79 Å². The van der Waals surface area contributed by atoms with E-state index in [4.69, 9.17) is 4.74 Å². The Morgan fingerprint density at radius 3 is 2.64 bits per heavy atom. The van der Waals surface area contributed by atoms with E-state index in [1.807, 2.05) is 13.0 Å². The van der Waals surface area contributed by atoms with Gasteiger partial charge in [-0.2, -0.15) is 0 Å². The Morgan fingerprint density at radius 1 is 1.50 bits per heavy atom. The maximum absolute atomic E-state index is 10.9. The summed E-state index contributed by atoms with van der Waals surface area (Å²) in [7, 11) is 1.60.